The fourth-order valence-electron chi connectivity index (χ4n) is 1.60. The molecular formula is C15H15FO3. The standard InChI is InChI=1S/C15H15FO3/c16-14-8-13(9-17)6-7-15(14)19-11-18-10-12-4-2-1-3-5-12/h1-8,17H,9-11H2. The molecule has 0 atom stereocenters. The Labute approximate surface area is 111 Å². The zero-order valence-corrected chi connectivity index (χ0v) is 10.4. The molecule has 0 heterocycles. The third-order valence-corrected chi connectivity index (χ3v) is 2.59. The van der Waals surface area contributed by atoms with E-state index in [9.17, 15) is 4.39 Å². The van der Waals surface area contributed by atoms with Gasteiger partial charge in [-0.2, -0.15) is 0 Å². The maximum absolute atomic E-state index is 13.5. The molecule has 0 saturated heterocycles. The van der Waals surface area contributed by atoms with Gasteiger partial charge >= 0.3 is 0 Å². The molecule has 0 aliphatic rings. The zero-order chi connectivity index (χ0) is 13.5. The predicted molar refractivity (Wildman–Crippen MR) is 69.0 cm³/mol. The Bertz CT molecular complexity index is 514. The van der Waals surface area contributed by atoms with Gasteiger partial charge in [0, 0.05) is 0 Å². The van der Waals surface area contributed by atoms with Crippen molar-refractivity contribution in [1.29, 1.82) is 0 Å². The number of rotatable bonds is 6. The molecule has 0 amide bonds. The van der Waals surface area contributed by atoms with Gasteiger partial charge in [0.25, 0.3) is 0 Å². The molecule has 100 valence electrons. The summed E-state index contributed by atoms with van der Waals surface area (Å²) >= 11 is 0. The van der Waals surface area contributed by atoms with Gasteiger partial charge in [-0.25, -0.2) is 4.39 Å². The van der Waals surface area contributed by atoms with Crippen molar-refractivity contribution in [3.63, 3.8) is 0 Å². The van der Waals surface area contributed by atoms with E-state index in [1.807, 2.05) is 30.3 Å². The van der Waals surface area contributed by atoms with E-state index < -0.39 is 5.82 Å². The molecule has 19 heavy (non-hydrogen) atoms. The van der Waals surface area contributed by atoms with Crippen LogP contribution in [-0.2, 0) is 18.0 Å². The maximum Gasteiger partial charge on any atom is 0.189 e. The van der Waals surface area contributed by atoms with E-state index in [1.54, 1.807) is 6.07 Å². The second-order valence-corrected chi connectivity index (χ2v) is 4.02. The zero-order valence-electron chi connectivity index (χ0n) is 10.4. The highest BCUT2D eigenvalue weighted by Crippen LogP contribution is 2.18. The quantitative estimate of drug-likeness (QED) is 0.642. The summed E-state index contributed by atoms with van der Waals surface area (Å²) in [7, 11) is 0. The molecule has 4 heteroatoms. The second kappa shape index (κ2) is 6.87. The topological polar surface area (TPSA) is 38.7 Å². The van der Waals surface area contributed by atoms with Gasteiger partial charge in [0.2, 0.25) is 0 Å². The fraction of sp³-hybridized carbons (Fsp3) is 0.200. The first-order valence-corrected chi connectivity index (χ1v) is 5.93. The van der Waals surface area contributed by atoms with E-state index in [0.717, 1.165) is 5.56 Å². The van der Waals surface area contributed by atoms with Gasteiger partial charge in [-0.3, -0.25) is 0 Å². The number of hydrogen-bond donors (Lipinski definition) is 1. The van der Waals surface area contributed by atoms with Gasteiger partial charge in [-0.05, 0) is 23.3 Å². The van der Waals surface area contributed by atoms with Crippen molar-refractivity contribution in [2.75, 3.05) is 6.79 Å². The minimum atomic E-state index is -0.505. The first kappa shape index (κ1) is 13.5. The van der Waals surface area contributed by atoms with Gasteiger partial charge in [0.05, 0.1) is 13.2 Å². The average Bonchev–Trinajstić information content (AvgIpc) is 2.46. The predicted octanol–water partition coefficient (Wildman–Crippen LogP) is 2.87. The molecule has 0 fully saturated rings. The smallest absolute Gasteiger partial charge is 0.189 e. The molecule has 3 nitrogen and oxygen atoms in total. The Morgan fingerprint density at radius 1 is 1.00 bits per heavy atom. The van der Waals surface area contributed by atoms with Crippen LogP contribution in [0.15, 0.2) is 48.5 Å². The molecule has 2 aromatic carbocycles. The Balaban J connectivity index is 1.80. The average molecular weight is 262 g/mol. The Morgan fingerprint density at radius 2 is 1.79 bits per heavy atom. The van der Waals surface area contributed by atoms with Crippen LogP contribution in [0.5, 0.6) is 5.75 Å². The molecule has 0 saturated carbocycles. The summed E-state index contributed by atoms with van der Waals surface area (Å²) in [6.07, 6.45) is 0. The van der Waals surface area contributed by atoms with Crippen molar-refractivity contribution in [3.05, 3.63) is 65.5 Å². The molecule has 0 aliphatic heterocycles. The Kier molecular flexibility index (Phi) is 4.89. The van der Waals surface area contributed by atoms with E-state index in [1.165, 1.54) is 12.1 Å². The fourth-order valence-corrected chi connectivity index (χ4v) is 1.60. The SMILES string of the molecule is OCc1ccc(OCOCc2ccccc2)c(F)c1. The molecule has 0 aliphatic carbocycles. The minimum absolute atomic E-state index is 0.0235. The molecular weight excluding hydrogens is 247 g/mol. The summed E-state index contributed by atoms with van der Waals surface area (Å²) in [6.45, 7) is 0.198. The molecule has 0 aromatic heterocycles. The Hall–Kier alpha value is -1.91. The third kappa shape index (κ3) is 4.05. The van der Waals surface area contributed by atoms with Gasteiger partial charge in [0.1, 0.15) is 0 Å². The summed E-state index contributed by atoms with van der Waals surface area (Å²) in [5.41, 5.74) is 1.54. The molecule has 0 unspecified atom stereocenters. The van der Waals surface area contributed by atoms with Gasteiger partial charge in [-0.15, -0.1) is 0 Å². The number of halogens is 1. The number of aliphatic hydroxyl groups excluding tert-OH is 1. The van der Waals surface area contributed by atoms with Crippen molar-refractivity contribution in [2.45, 2.75) is 13.2 Å². The van der Waals surface area contributed by atoms with E-state index in [-0.39, 0.29) is 19.1 Å². The van der Waals surface area contributed by atoms with Gasteiger partial charge in [-0.1, -0.05) is 36.4 Å². The van der Waals surface area contributed by atoms with Crippen LogP contribution in [0, 0.1) is 5.82 Å². The second-order valence-electron chi connectivity index (χ2n) is 4.02. The first-order chi connectivity index (χ1) is 9.29. The summed E-state index contributed by atoms with van der Waals surface area (Å²) in [4.78, 5) is 0. The summed E-state index contributed by atoms with van der Waals surface area (Å²) in [5.74, 6) is -0.389. The molecule has 0 radical (unpaired) electrons. The van der Waals surface area contributed by atoms with Crippen LogP contribution in [0.1, 0.15) is 11.1 Å². The van der Waals surface area contributed by atoms with E-state index in [4.69, 9.17) is 14.6 Å². The molecule has 1 N–H and O–H groups in total. The van der Waals surface area contributed by atoms with Gasteiger partial charge < -0.3 is 14.6 Å². The Morgan fingerprint density at radius 3 is 2.47 bits per heavy atom. The van der Waals surface area contributed by atoms with E-state index in [2.05, 4.69) is 0 Å². The monoisotopic (exact) mass is 262 g/mol. The van der Waals surface area contributed by atoms with Crippen molar-refractivity contribution in [1.82, 2.24) is 0 Å². The van der Waals surface area contributed by atoms with Gasteiger partial charge in [0.15, 0.2) is 18.4 Å². The van der Waals surface area contributed by atoms with Crippen LogP contribution < -0.4 is 4.74 Å². The lowest BCUT2D eigenvalue weighted by Gasteiger charge is -2.08. The largest absolute Gasteiger partial charge is 0.464 e. The van der Waals surface area contributed by atoms with Crippen molar-refractivity contribution in [2.24, 2.45) is 0 Å². The highest BCUT2D eigenvalue weighted by atomic mass is 19.1. The lowest BCUT2D eigenvalue weighted by Crippen LogP contribution is -2.04. The lowest BCUT2D eigenvalue weighted by molar-refractivity contribution is 0.00300. The van der Waals surface area contributed by atoms with Crippen LogP contribution in [0.25, 0.3) is 0 Å². The highest BCUT2D eigenvalue weighted by molar-refractivity contribution is 5.28. The number of hydrogen-bond acceptors (Lipinski definition) is 3. The minimum Gasteiger partial charge on any atom is -0.464 e. The van der Waals surface area contributed by atoms with Crippen molar-refractivity contribution >= 4 is 0 Å². The summed E-state index contributed by atoms with van der Waals surface area (Å²) < 4.78 is 24.0. The summed E-state index contributed by atoms with van der Waals surface area (Å²) in [6, 6.07) is 14.0. The van der Waals surface area contributed by atoms with Crippen LogP contribution in [0.2, 0.25) is 0 Å². The van der Waals surface area contributed by atoms with Crippen LogP contribution in [0.3, 0.4) is 0 Å². The van der Waals surface area contributed by atoms with E-state index in [0.29, 0.717) is 12.2 Å². The van der Waals surface area contributed by atoms with Crippen molar-refractivity contribution < 1.29 is 19.0 Å². The lowest BCUT2D eigenvalue weighted by atomic mass is 10.2. The number of aliphatic hydroxyl groups is 1. The molecule has 0 spiro atoms. The van der Waals surface area contributed by atoms with Crippen LogP contribution >= 0.6 is 0 Å². The number of ether oxygens (including phenoxy) is 2. The van der Waals surface area contributed by atoms with Crippen LogP contribution in [-0.4, -0.2) is 11.9 Å². The van der Waals surface area contributed by atoms with Crippen molar-refractivity contribution in [3.8, 4) is 5.75 Å². The molecule has 0 bridgehead atoms. The molecule has 2 rings (SSSR count). The summed E-state index contributed by atoms with van der Waals surface area (Å²) in [5, 5.41) is 8.86. The number of benzene rings is 2. The first-order valence-electron chi connectivity index (χ1n) is 5.93. The normalized spacial score (nSPS) is 10.4. The third-order valence-electron chi connectivity index (χ3n) is 2.59. The molecule has 2 aromatic rings. The van der Waals surface area contributed by atoms with E-state index >= 15 is 0 Å². The maximum atomic E-state index is 13.5. The highest BCUT2D eigenvalue weighted by Gasteiger charge is 2.04. The van der Waals surface area contributed by atoms with Crippen LogP contribution in [0.4, 0.5) is 4.39 Å².